The summed E-state index contributed by atoms with van der Waals surface area (Å²) in [7, 11) is 1.70. The summed E-state index contributed by atoms with van der Waals surface area (Å²) < 4.78 is 17.2. The third kappa shape index (κ3) is 8.01. The van der Waals surface area contributed by atoms with Gasteiger partial charge in [0.2, 0.25) is 0 Å². The highest BCUT2D eigenvalue weighted by Gasteiger charge is 2.27. The van der Waals surface area contributed by atoms with Gasteiger partial charge in [0.05, 0.1) is 6.61 Å². The quantitative estimate of drug-likeness (QED) is 0.363. The van der Waals surface area contributed by atoms with Crippen molar-refractivity contribution in [2.24, 2.45) is 0 Å². The molecule has 0 saturated heterocycles. The summed E-state index contributed by atoms with van der Waals surface area (Å²) in [6, 6.07) is 27.7. The van der Waals surface area contributed by atoms with Gasteiger partial charge in [-0.15, -0.1) is 0 Å². The molecule has 0 saturated carbocycles. The number of hydrogen-bond donors (Lipinski definition) is 1. The van der Waals surface area contributed by atoms with E-state index < -0.39 is 12.0 Å². The van der Waals surface area contributed by atoms with Crippen molar-refractivity contribution in [1.82, 2.24) is 5.32 Å². The standard InChI is InChI=1S/C29H35NO4/c1-22(2)30-20-27(21-33-26-16-14-23(15-17-26)18-19-32-3)34-29(31)28(24-10-6-4-7-11-24)25-12-8-5-9-13-25/h4-17,22,27-28,30H,18-21H2,1-3H3. The average molecular weight is 462 g/mol. The fourth-order valence-electron chi connectivity index (χ4n) is 3.65. The van der Waals surface area contributed by atoms with Crippen LogP contribution in [0.15, 0.2) is 84.9 Å². The number of rotatable bonds is 13. The summed E-state index contributed by atoms with van der Waals surface area (Å²) in [6.45, 7) is 5.58. The minimum absolute atomic E-state index is 0.263. The lowest BCUT2D eigenvalue weighted by atomic mass is 9.91. The van der Waals surface area contributed by atoms with Crippen LogP contribution in [0.5, 0.6) is 5.75 Å². The van der Waals surface area contributed by atoms with Crippen molar-refractivity contribution in [3.05, 3.63) is 102 Å². The van der Waals surface area contributed by atoms with Gasteiger partial charge in [0, 0.05) is 19.7 Å². The van der Waals surface area contributed by atoms with Gasteiger partial charge in [-0.1, -0.05) is 86.6 Å². The van der Waals surface area contributed by atoms with Crippen LogP contribution in [-0.4, -0.2) is 45.0 Å². The van der Waals surface area contributed by atoms with Gasteiger partial charge in [0.15, 0.2) is 0 Å². The van der Waals surface area contributed by atoms with Crippen molar-refractivity contribution >= 4 is 5.97 Å². The Hall–Kier alpha value is -3.15. The predicted octanol–water partition coefficient (Wildman–Crippen LogP) is 5.00. The Morgan fingerprint density at radius 2 is 1.44 bits per heavy atom. The van der Waals surface area contributed by atoms with Crippen molar-refractivity contribution in [2.75, 3.05) is 26.9 Å². The lowest BCUT2D eigenvalue weighted by molar-refractivity contribution is -0.151. The Bertz CT molecular complexity index is 935. The van der Waals surface area contributed by atoms with Crippen LogP contribution in [0.2, 0.25) is 0 Å². The van der Waals surface area contributed by atoms with Gasteiger partial charge in [-0.3, -0.25) is 4.79 Å². The molecular formula is C29H35NO4. The average Bonchev–Trinajstić information content (AvgIpc) is 2.86. The van der Waals surface area contributed by atoms with Crippen LogP contribution in [0.25, 0.3) is 0 Å². The number of nitrogens with one attached hydrogen (secondary N) is 1. The molecule has 1 N–H and O–H groups in total. The summed E-state index contributed by atoms with van der Waals surface area (Å²) in [5, 5.41) is 3.37. The number of carbonyl (C=O) groups is 1. The van der Waals surface area contributed by atoms with Crippen molar-refractivity contribution < 1.29 is 19.0 Å². The molecule has 0 aliphatic rings. The van der Waals surface area contributed by atoms with Gasteiger partial charge >= 0.3 is 5.97 Å². The molecule has 0 amide bonds. The first-order valence-electron chi connectivity index (χ1n) is 11.8. The highest BCUT2D eigenvalue weighted by molar-refractivity contribution is 5.82. The van der Waals surface area contributed by atoms with Crippen LogP contribution in [-0.2, 0) is 20.7 Å². The van der Waals surface area contributed by atoms with Gasteiger partial charge in [0.1, 0.15) is 24.4 Å². The van der Waals surface area contributed by atoms with E-state index in [2.05, 4.69) is 19.2 Å². The van der Waals surface area contributed by atoms with Crippen LogP contribution in [0, 0.1) is 0 Å². The van der Waals surface area contributed by atoms with E-state index >= 15 is 0 Å². The minimum atomic E-state index is -0.496. The first kappa shape index (κ1) is 25.5. The normalized spacial score (nSPS) is 12.0. The monoisotopic (exact) mass is 461 g/mol. The SMILES string of the molecule is COCCc1ccc(OCC(CNC(C)C)OC(=O)C(c2ccccc2)c2ccccc2)cc1. The van der Waals surface area contributed by atoms with E-state index in [9.17, 15) is 4.79 Å². The molecule has 3 aromatic rings. The lowest BCUT2D eigenvalue weighted by Gasteiger charge is -2.24. The Labute approximate surface area is 203 Å². The zero-order chi connectivity index (χ0) is 24.2. The Morgan fingerprint density at radius 3 is 1.97 bits per heavy atom. The van der Waals surface area contributed by atoms with Crippen LogP contribution >= 0.6 is 0 Å². The van der Waals surface area contributed by atoms with E-state index in [0.717, 1.165) is 23.3 Å². The molecule has 3 aromatic carbocycles. The smallest absolute Gasteiger partial charge is 0.318 e. The Morgan fingerprint density at radius 1 is 0.853 bits per heavy atom. The van der Waals surface area contributed by atoms with Crippen LogP contribution in [0.4, 0.5) is 0 Å². The number of benzene rings is 3. The van der Waals surface area contributed by atoms with E-state index in [4.69, 9.17) is 14.2 Å². The molecule has 0 heterocycles. The number of hydrogen-bond acceptors (Lipinski definition) is 5. The first-order valence-corrected chi connectivity index (χ1v) is 11.8. The molecule has 3 rings (SSSR count). The molecule has 5 nitrogen and oxygen atoms in total. The maximum Gasteiger partial charge on any atom is 0.318 e. The number of methoxy groups -OCH3 is 1. The lowest BCUT2D eigenvalue weighted by Crippen LogP contribution is -2.39. The second kappa shape index (κ2) is 13.5. The van der Waals surface area contributed by atoms with Crippen molar-refractivity contribution in [3.8, 4) is 5.75 Å². The van der Waals surface area contributed by atoms with E-state index in [1.165, 1.54) is 5.56 Å². The zero-order valence-corrected chi connectivity index (χ0v) is 20.3. The largest absolute Gasteiger partial charge is 0.490 e. The van der Waals surface area contributed by atoms with Gasteiger partial charge in [-0.25, -0.2) is 0 Å². The second-order valence-corrected chi connectivity index (χ2v) is 8.57. The third-order valence-electron chi connectivity index (χ3n) is 5.49. The maximum absolute atomic E-state index is 13.4. The molecule has 0 aromatic heterocycles. The summed E-state index contributed by atoms with van der Waals surface area (Å²) in [6.07, 6.45) is 0.424. The van der Waals surface area contributed by atoms with Gasteiger partial charge < -0.3 is 19.5 Å². The summed E-state index contributed by atoms with van der Waals surface area (Å²) in [5.74, 6) is -0.0371. The first-order chi connectivity index (χ1) is 16.6. The van der Waals surface area contributed by atoms with E-state index in [0.29, 0.717) is 13.2 Å². The van der Waals surface area contributed by atoms with E-state index in [-0.39, 0.29) is 18.6 Å². The van der Waals surface area contributed by atoms with Crippen molar-refractivity contribution in [1.29, 1.82) is 0 Å². The van der Waals surface area contributed by atoms with Crippen molar-refractivity contribution in [3.63, 3.8) is 0 Å². The number of ether oxygens (including phenoxy) is 3. The molecule has 34 heavy (non-hydrogen) atoms. The molecule has 1 atom stereocenters. The molecule has 0 aliphatic carbocycles. The van der Waals surface area contributed by atoms with Gasteiger partial charge in [-0.05, 0) is 35.2 Å². The Balaban J connectivity index is 1.71. The van der Waals surface area contributed by atoms with E-state index in [1.807, 2.05) is 84.9 Å². The molecule has 180 valence electrons. The fourth-order valence-corrected chi connectivity index (χ4v) is 3.65. The van der Waals surface area contributed by atoms with Crippen LogP contribution in [0.1, 0.15) is 36.5 Å². The summed E-state index contributed by atoms with van der Waals surface area (Å²) in [5.41, 5.74) is 3.00. The zero-order valence-electron chi connectivity index (χ0n) is 20.3. The van der Waals surface area contributed by atoms with E-state index in [1.54, 1.807) is 7.11 Å². The molecule has 0 bridgehead atoms. The summed E-state index contributed by atoms with van der Waals surface area (Å²) in [4.78, 5) is 13.4. The minimum Gasteiger partial charge on any atom is -0.490 e. The molecule has 5 heteroatoms. The van der Waals surface area contributed by atoms with Crippen LogP contribution in [0.3, 0.4) is 0 Å². The predicted molar refractivity (Wildman–Crippen MR) is 135 cm³/mol. The molecule has 0 radical (unpaired) electrons. The summed E-state index contributed by atoms with van der Waals surface area (Å²) >= 11 is 0. The fraction of sp³-hybridized carbons (Fsp3) is 0.345. The molecule has 0 fully saturated rings. The Kier molecular flexibility index (Phi) is 10.1. The van der Waals surface area contributed by atoms with Crippen LogP contribution < -0.4 is 10.1 Å². The molecular weight excluding hydrogens is 426 g/mol. The maximum atomic E-state index is 13.4. The highest BCUT2D eigenvalue weighted by atomic mass is 16.6. The molecule has 1 unspecified atom stereocenters. The van der Waals surface area contributed by atoms with Crippen molar-refractivity contribution in [2.45, 2.75) is 38.3 Å². The topological polar surface area (TPSA) is 56.8 Å². The molecule has 0 aliphatic heterocycles. The highest BCUT2D eigenvalue weighted by Crippen LogP contribution is 2.26. The van der Waals surface area contributed by atoms with Gasteiger partial charge in [-0.2, -0.15) is 0 Å². The second-order valence-electron chi connectivity index (χ2n) is 8.57. The molecule has 0 spiro atoms. The van der Waals surface area contributed by atoms with Gasteiger partial charge in [0.25, 0.3) is 0 Å². The number of esters is 1. The number of carbonyl (C=O) groups excluding carboxylic acids is 1. The third-order valence-corrected chi connectivity index (χ3v) is 5.49.